The molecule has 0 aliphatic carbocycles. The molecule has 0 amide bonds. The van der Waals surface area contributed by atoms with Gasteiger partial charge in [-0.2, -0.15) is 0 Å². The molecular formula is C43H82O9. The van der Waals surface area contributed by atoms with E-state index in [-0.39, 0.29) is 25.8 Å². The summed E-state index contributed by atoms with van der Waals surface area (Å²) in [6, 6.07) is 0. The number of cyclic esters (lactones) is 2. The smallest absolute Gasteiger partial charge is 0.481 e. The molecular weight excluding hydrogens is 660 g/mol. The fourth-order valence-corrected chi connectivity index (χ4v) is 6.68. The van der Waals surface area contributed by atoms with Gasteiger partial charge in [0.25, 0.3) is 0 Å². The Balaban J connectivity index is 0.00000100. The third kappa shape index (κ3) is 35.2. The van der Waals surface area contributed by atoms with E-state index in [1.54, 1.807) is 0 Å². The van der Waals surface area contributed by atoms with Crippen LogP contribution in [-0.4, -0.2) is 65.4 Å². The van der Waals surface area contributed by atoms with Crippen LogP contribution in [0.5, 0.6) is 0 Å². The summed E-state index contributed by atoms with van der Waals surface area (Å²) in [5.74, 6) is -1.52. The fraction of sp³-hybridized carbons (Fsp3) is 0.930. The van der Waals surface area contributed by atoms with Crippen molar-refractivity contribution in [1.29, 1.82) is 0 Å². The number of aliphatic hydroxyl groups is 2. The van der Waals surface area contributed by atoms with Crippen molar-refractivity contribution in [2.24, 2.45) is 5.92 Å². The maximum Gasteiger partial charge on any atom is 0.508 e. The van der Waals surface area contributed by atoms with E-state index in [4.69, 9.17) is 24.4 Å². The maximum atomic E-state index is 11.4. The average molecular weight is 743 g/mol. The minimum absolute atomic E-state index is 0.103. The molecule has 0 bridgehead atoms. The summed E-state index contributed by atoms with van der Waals surface area (Å²) in [5.41, 5.74) is 0. The van der Waals surface area contributed by atoms with Gasteiger partial charge in [0.05, 0.1) is 12.5 Å². The molecule has 1 aliphatic rings. The van der Waals surface area contributed by atoms with Crippen LogP contribution in [0.3, 0.4) is 0 Å². The molecule has 9 nitrogen and oxygen atoms in total. The van der Waals surface area contributed by atoms with Crippen molar-refractivity contribution >= 4 is 18.1 Å². The molecule has 3 N–H and O–H groups in total. The van der Waals surface area contributed by atoms with Crippen LogP contribution >= 0.6 is 0 Å². The Morgan fingerprint density at radius 3 is 1.38 bits per heavy atom. The minimum atomic E-state index is -0.954. The van der Waals surface area contributed by atoms with Crippen LogP contribution < -0.4 is 0 Å². The molecule has 0 aromatic carbocycles. The van der Waals surface area contributed by atoms with E-state index in [2.05, 4.69) is 13.8 Å². The molecule has 9 heteroatoms. The molecule has 3 atom stereocenters. The van der Waals surface area contributed by atoms with Crippen molar-refractivity contribution in [3.05, 3.63) is 0 Å². The Morgan fingerprint density at radius 2 is 1.04 bits per heavy atom. The second-order valence-corrected chi connectivity index (χ2v) is 15.2. The number of unbranched alkanes of at least 4 members (excludes halogenated alkanes) is 27. The third-order valence-corrected chi connectivity index (χ3v) is 10.1. The highest BCUT2D eigenvalue weighted by Crippen LogP contribution is 2.22. The molecule has 1 heterocycles. The minimum Gasteiger partial charge on any atom is -0.481 e. The fourth-order valence-electron chi connectivity index (χ4n) is 6.68. The summed E-state index contributed by atoms with van der Waals surface area (Å²) < 4.78 is 14.5. The van der Waals surface area contributed by atoms with Gasteiger partial charge in [-0.05, 0) is 12.8 Å². The maximum absolute atomic E-state index is 11.4. The Hall–Kier alpha value is -1.87. The summed E-state index contributed by atoms with van der Waals surface area (Å²) in [6.45, 7) is 4.23. The van der Waals surface area contributed by atoms with E-state index >= 15 is 0 Å². The van der Waals surface area contributed by atoms with Crippen molar-refractivity contribution in [2.75, 3.05) is 19.8 Å². The highest BCUT2D eigenvalue weighted by atomic mass is 16.8. The first kappa shape index (κ1) is 50.1. The summed E-state index contributed by atoms with van der Waals surface area (Å²) in [6.07, 6.45) is 37.1. The molecule has 1 aliphatic heterocycles. The van der Waals surface area contributed by atoms with Crippen LogP contribution in [0.1, 0.15) is 219 Å². The zero-order valence-electron chi connectivity index (χ0n) is 33.8. The van der Waals surface area contributed by atoms with Crippen LogP contribution in [-0.2, 0) is 23.8 Å². The number of aliphatic hydroxyl groups excluding tert-OH is 2. The van der Waals surface area contributed by atoms with Gasteiger partial charge in [-0.3, -0.25) is 9.59 Å². The highest BCUT2D eigenvalue weighted by Gasteiger charge is 2.30. The standard InChI is InChI=1S/C22H40O5.C21H42O4/c1-2-3-4-5-6-7-8-9-10-11-12-13-14-15-16-19(21(23)24)17-20-18-26-22(25)27-20;1-2-3-4-5-6-7-8-9-10-11-12-13-14-15-16-17-21(24)25-19-20(23)18-22/h19-20H,2-18H2,1H3,(H,23,24);20,22-23H,2-19H2,1H3. The normalized spacial score (nSPS) is 15.0. The Labute approximate surface area is 318 Å². The van der Waals surface area contributed by atoms with E-state index < -0.39 is 30.3 Å². The summed E-state index contributed by atoms with van der Waals surface area (Å²) >= 11 is 0. The third-order valence-electron chi connectivity index (χ3n) is 10.1. The SMILES string of the molecule is CCCCCCCCCCCCCCCCC(CC1COC(=O)O1)C(=O)O.CCCCCCCCCCCCCCCCCC(=O)OCC(O)CO. The lowest BCUT2D eigenvalue weighted by atomic mass is 9.94. The predicted octanol–water partition coefficient (Wildman–Crippen LogP) is 11.6. The first-order chi connectivity index (χ1) is 25.3. The molecule has 52 heavy (non-hydrogen) atoms. The van der Waals surface area contributed by atoms with Crippen molar-refractivity contribution in [1.82, 2.24) is 0 Å². The van der Waals surface area contributed by atoms with Gasteiger partial charge in [0, 0.05) is 12.8 Å². The van der Waals surface area contributed by atoms with E-state index in [0.717, 1.165) is 25.7 Å². The molecule has 0 spiro atoms. The molecule has 0 saturated carbocycles. The molecule has 1 rings (SSSR count). The second kappa shape index (κ2) is 38.8. The van der Waals surface area contributed by atoms with Crippen LogP contribution in [0.25, 0.3) is 0 Å². The number of rotatable bonds is 37. The zero-order chi connectivity index (χ0) is 38.3. The summed E-state index contributed by atoms with van der Waals surface area (Å²) in [7, 11) is 0. The van der Waals surface area contributed by atoms with Crippen molar-refractivity contribution in [3.63, 3.8) is 0 Å². The number of ether oxygens (including phenoxy) is 3. The second-order valence-electron chi connectivity index (χ2n) is 15.2. The Morgan fingerprint density at radius 1 is 0.654 bits per heavy atom. The molecule has 0 aromatic heterocycles. The van der Waals surface area contributed by atoms with Crippen molar-refractivity contribution in [2.45, 2.75) is 232 Å². The molecule has 1 fully saturated rings. The van der Waals surface area contributed by atoms with Crippen molar-refractivity contribution in [3.8, 4) is 0 Å². The van der Waals surface area contributed by atoms with Crippen LogP contribution in [0.15, 0.2) is 0 Å². The predicted molar refractivity (Wildman–Crippen MR) is 210 cm³/mol. The first-order valence-corrected chi connectivity index (χ1v) is 21.8. The number of hydrogen-bond acceptors (Lipinski definition) is 8. The van der Waals surface area contributed by atoms with Gasteiger partial charge in [-0.1, -0.05) is 194 Å². The van der Waals surface area contributed by atoms with E-state index in [9.17, 15) is 19.5 Å². The molecule has 1 saturated heterocycles. The largest absolute Gasteiger partial charge is 0.508 e. The number of esters is 1. The van der Waals surface area contributed by atoms with Crippen LogP contribution in [0.4, 0.5) is 4.79 Å². The van der Waals surface area contributed by atoms with Gasteiger partial charge in [0.2, 0.25) is 0 Å². The lowest BCUT2D eigenvalue weighted by Gasteiger charge is -2.14. The van der Waals surface area contributed by atoms with E-state index in [1.807, 2.05) is 0 Å². The monoisotopic (exact) mass is 743 g/mol. The van der Waals surface area contributed by atoms with Crippen molar-refractivity contribution < 1.29 is 43.9 Å². The average Bonchev–Trinajstić information content (AvgIpc) is 3.56. The summed E-state index contributed by atoms with van der Waals surface area (Å²) in [5, 5.41) is 27.0. The lowest BCUT2D eigenvalue weighted by Crippen LogP contribution is -2.22. The number of hydrogen-bond donors (Lipinski definition) is 3. The number of aliphatic carboxylic acids is 1. The molecule has 0 aromatic rings. The van der Waals surface area contributed by atoms with Crippen LogP contribution in [0.2, 0.25) is 0 Å². The first-order valence-electron chi connectivity index (χ1n) is 21.8. The van der Waals surface area contributed by atoms with Crippen LogP contribution in [0, 0.1) is 5.92 Å². The Bertz CT molecular complexity index is 805. The molecule has 3 unspecified atom stereocenters. The molecule has 0 radical (unpaired) electrons. The van der Waals surface area contributed by atoms with Gasteiger partial charge < -0.3 is 29.5 Å². The number of carboxylic acids is 1. The number of carbonyl (C=O) groups is 3. The lowest BCUT2D eigenvalue weighted by molar-refractivity contribution is -0.147. The van der Waals surface area contributed by atoms with Gasteiger partial charge in [0.1, 0.15) is 25.4 Å². The van der Waals surface area contributed by atoms with Gasteiger partial charge >= 0.3 is 18.1 Å². The van der Waals surface area contributed by atoms with Gasteiger partial charge in [0.15, 0.2) is 0 Å². The van der Waals surface area contributed by atoms with Gasteiger partial charge in [-0.15, -0.1) is 0 Å². The zero-order valence-corrected chi connectivity index (χ0v) is 33.8. The van der Waals surface area contributed by atoms with E-state index in [0.29, 0.717) is 19.3 Å². The number of carbonyl (C=O) groups excluding carboxylic acids is 2. The number of carboxylic acid groups (broad SMARTS) is 1. The quantitative estimate of drug-likeness (QED) is 0.0419. The topological polar surface area (TPSA) is 140 Å². The highest BCUT2D eigenvalue weighted by molar-refractivity contribution is 5.70. The van der Waals surface area contributed by atoms with Gasteiger partial charge in [-0.25, -0.2) is 4.79 Å². The molecule has 308 valence electrons. The Kier molecular flexibility index (Phi) is 37.4. The van der Waals surface area contributed by atoms with E-state index in [1.165, 1.54) is 161 Å². The summed E-state index contributed by atoms with van der Waals surface area (Å²) in [4.78, 5) is 33.6.